The number of benzene rings is 9. The molecule has 84 heavy (non-hydrogen) atoms. The molecule has 0 spiro atoms. The van der Waals surface area contributed by atoms with E-state index in [0.717, 1.165) is 12.8 Å². The molecule has 0 N–H and O–H groups in total. The molecule has 0 fully saturated rings. The standard InChI is InChI=1S/C80H86BN3/c1-74(2,3)54-34-39-66(60(44-54)51-26-20-18-21-27-51)82-69-47-57(77(10,11)12)32-37-64(69)81-65-38-33-58(78(13,14)15)48-70(65)83(67-40-35-55(75(4,5)6)45-61(67)52-28-22-19-23-29-52)72-50-59(49-71(82)73(72)81)84-68-41-36-56(76(7,8)9)46-63(68)79(16)43-42-53-30-24-25-31-62(53)80(79,84)17/h18-41,44-50H,42-43H2,1-17H3. The zero-order valence-corrected chi connectivity index (χ0v) is 53.2. The van der Waals surface area contributed by atoms with Gasteiger partial charge in [-0.1, -0.05) is 244 Å². The van der Waals surface area contributed by atoms with Gasteiger partial charge in [-0.15, -0.1) is 0 Å². The van der Waals surface area contributed by atoms with Crippen LogP contribution in [0.2, 0.25) is 0 Å². The van der Waals surface area contributed by atoms with Crippen LogP contribution in [-0.2, 0) is 44.4 Å². The second kappa shape index (κ2) is 19.0. The molecule has 2 unspecified atom stereocenters. The van der Waals surface area contributed by atoms with E-state index in [2.05, 4.69) is 320 Å². The zero-order chi connectivity index (χ0) is 59.4. The Kier molecular flexibility index (Phi) is 12.6. The molecule has 0 saturated carbocycles. The Morgan fingerprint density at radius 1 is 0.357 bits per heavy atom. The fourth-order valence-corrected chi connectivity index (χ4v) is 14.8. The van der Waals surface area contributed by atoms with Crippen molar-refractivity contribution >= 4 is 68.6 Å². The minimum Gasteiger partial charge on any atom is -0.330 e. The van der Waals surface area contributed by atoms with Crippen molar-refractivity contribution in [3.63, 3.8) is 0 Å². The summed E-state index contributed by atoms with van der Waals surface area (Å²) in [4.78, 5) is 8.24. The number of rotatable bonds is 5. The van der Waals surface area contributed by atoms with Crippen molar-refractivity contribution in [3.05, 3.63) is 233 Å². The van der Waals surface area contributed by atoms with Crippen molar-refractivity contribution in [2.75, 3.05) is 14.7 Å². The van der Waals surface area contributed by atoms with E-state index in [-0.39, 0.29) is 39.2 Å². The molecule has 4 aliphatic rings. The molecule has 0 amide bonds. The van der Waals surface area contributed by atoms with E-state index in [1.165, 1.54) is 129 Å². The summed E-state index contributed by atoms with van der Waals surface area (Å²) in [6.07, 6.45) is 2.08. The largest absolute Gasteiger partial charge is 0.330 e. The van der Waals surface area contributed by atoms with Gasteiger partial charge in [0.15, 0.2) is 0 Å². The summed E-state index contributed by atoms with van der Waals surface area (Å²) in [6, 6.07) is 74.2. The van der Waals surface area contributed by atoms with Crippen LogP contribution in [0.1, 0.15) is 169 Å². The Hall–Kier alpha value is -7.56. The van der Waals surface area contributed by atoms with Gasteiger partial charge in [0, 0.05) is 50.7 Å². The van der Waals surface area contributed by atoms with Crippen LogP contribution < -0.4 is 31.1 Å². The molecule has 9 aromatic rings. The van der Waals surface area contributed by atoms with E-state index in [0.29, 0.717) is 0 Å². The first-order valence-corrected chi connectivity index (χ1v) is 31.1. The number of aryl methyl sites for hydroxylation is 1. The van der Waals surface area contributed by atoms with Gasteiger partial charge in [-0.2, -0.15) is 0 Å². The van der Waals surface area contributed by atoms with Gasteiger partial charge >= 0.3 is 0 Å². The van der Waals surface area contributed by atoms with Crippen molar-refractivity contribution in [3.8, 4) is 22.3 Å². The van der Waals surface area contributed by atoms with Crippen LogP contribution in [0.5, 0.6) is 0 Å². The summed E-state index contributed by atoms with van der Waals surface area (Å²) < 4.78 is 0. The minimum absolute atomic E-state index is 0.0234. The summed E-state index contributed by atoms with van der Waals surface area (Å²) in [5.41, 5.74) is 28.4. The Morgan fingerprint density at radius 3 is 1.20 bits per heavy atom. The van der Waals surface area contributed by atoms with E-state index >= 15 is 0 Å². The van der Waals surface area contributed by atoms with Crippen LogP contribution >= 0.6 is 0 Å². The Bertz CT molecular complexity index is 3900. The van der Waals surface area contributed by atoms with E-state index in [9.17, 15) is 0 Å². The lowest BCUT2D eigenvalue weighted by Crippen LogP contribution is -2.61. The predicted molar refractivity (Wildman–Crippen MR) is 363 cm³/mol. The van der Waals surface area contributed by atoms with Gasteiger partial charge in [-0.3, -0.25) is 0 Å². The molecule has 0 aromatic heterocycles. The second-order valence-electron chi connectivity index (χ2n) is 30.6. The maximum absolute atomic E-state index is 2.82. The van der Waals surface area contributed by atoms with Crippen LogP contribution in [0, 0.1) is 0 Å². The average Bonchev–Trinajstić information content (AvgIpc) is 1.35. The molecule has 9 aromatic carbocycles. The molecule has 4 heteroatoms. The van der Waals surface area contributed by atoms with Gasteiger partial charge in [-0.05, 0) is 173 Å². The number of anilines is 8. The van der Waals surface area contributed by atoms with Crippen molar-refractivity contribution in [1.82, 2.24) is 0 Å². The molecule has 424 valence electrons. The van der Waals surface area contributed by atoms with Crippen molar-refractivity contribution in [2.24, 2.45) is 0 Å². The molecular weight excluding hydrogens is 1010 g/mol. The fourth-order valence-electron chi connectivity index (χ4n) is 14.8. The lowest BCUT2D eigenvalue weighted by Gasteiger charge is -2.52. The van der Waals surface area contributed by atoms with Gasteiger partial charge in [0.1, 0.15) is 0 Å². The highest BCUT2D eigenvalue weighted by Gasteiger charge is 2.60. The van der Waals surface area contributed by atoms with Crippen molar-refractivity contribution in [2.45, 2.75) is 169 Å². The topological polar surface area (TPSA) is 9.72 Å². The van der Waals surface area contributed by atoms with Gasteiger partial charge < -0.3 is 14.7 Å². The average molecular weight is 1100 g/mol. The molecule has 3 nitrogen and oxygen atoms in total. The summed E-state index contributed by atoms with van der Waals surface area (Å²) in [7, 11) is 0. The normalized spacial score (nSPS) is 18.2. The third-order valence-electron chi connectivity index (χ3n) is 20.1. The summed E-state index contributed by atoms with van der Waals surface area (Å²) in [6.45, 7) is 40.5. The van der Waals surface area contributed by atoms with E-state index in [4.69, 9.17) is 0 Å². The number of fused-ring (bicyclic) bond motifs is 9. The summed E-state index contributed by atoms with van der Waals surface area (Å²) in [5, 5.41) is 0. The molecule has 3 heterocycles. The van der Waals surface area contributed by atoms with E-state index in [1.54, 1.807) is 0 Å². The molecule has 2 atom stereocenters. The van der Waals surface area contributed by atoms with Crippen LogP contribution in [-0.4, -0.2) is 6.71 Å². The smallest absolute Gasteiger partial charge is 0.252 e. The third kappa shape index (κ3) is 8.65. The molecular formula is C80H86BN3. The number of nitrogens with zero attached hydrogens (tertiary/aromatic N) is 3. The molecule has 0 bridgehead atoms. The third-order valence-corrected chi connectivity index (χ3v) is 20.1. The second-order valence-corrected chi connectivity index (χ2v) is 30.6. The SMILES string of the molecule is CC(C)(C)c1ccc(N2c3cc(C(C)(C)C)ccc3B3c4ccc(C(C)(C)C)cc4N(c4ccc(C(C)(C)C)cc4-c4ccccc4)c4cc(N5c6ccc(C(C)(C)C)cc6C6(C)CCc7ccccc7C56C)cc2c43)c(-c2ccccc2)c1. The maximum Gasteiger partial charge on any atom is 0.252 e. The van der Waals surface area contributed by atoms with Gasteiger partial charge in [-0.25, -0.2) is 0 Å². The monoisotopic (exact) mass is 1100 g/mol. The number of hydrogen-bond donors (Lipinski definition) is 0. The predicted octanol–water partition coefficient (Wildman–Crippen LogP) is 19.9. The van der Waals surface area contributed by atoms with Gasteiger partial charge in [0.2, 0.25) is 0 Å². The summed E-state index contributed by atoms with van der Waals surface area (Å²) in [5.74, 6) is 0. The van der Waals surface area contributed by atoms with Gasteiger partial charge in [0.05, 0.1) is 16.9 Å². The lowest BCUT2D eigenvalue weighted by molar-refractivity contribution is 0.245. The Balaban J connectivity index is 1.23. The molecule has 13 rings (SSSR count). The lowest BCUT2D eigenvalue weighted by atomic mass is 9.33. The highest BCUT2D eigenvalue weighted by atomic mass is 15.3. The van der Waals surface area contributed by atoms with Crippen LogP contribution in [0.3, 0.4) is 0 Å². The first-order valence-electron chi connectivity index (χ1n) is 31.1. The maximum atomic E-state index is 2.82. The minimum atomic E-state index is -0.457. The van der Waals surface area contributed by atoms with Crippen LogP contribution in [0.4, 0.5) is 45.5 Å². The quantitative estimate of drug-likeness (QED) is 0.159. The molecule has 0 saturated heterocycles. The zero-order valence-electron chi connectivity index (χ0n) is 53.2. The van der Waals surface area contributed by atoms with E-state index < -0.39 is 5.54 Å². The van der Waals surface area contributed by atoms with Crippen LogP contribution in [0.25, 0.3) is 22.3 Å². The number of hydrogen-bond acceptors (Lipinski definition) is 3. The fraction of sp³-hybridized carbons (Fsp3) is 0.325. The molecule has 3 aliphatic heterocycles. The van der Waals surface area contributed by atoms with Crippen molar-refractivity contribution < 1.29 is 0 Å². The van der Waals surface area contributed by atoms with Crippen molar-refractivity contribution in [1.29, 1.82) is 0 Å². The molecule has 1 aliphatic carbocycles. The first-order chi connectivity index (χ1) is 39.6. The Labute approximate surface area is 503 Å². The summed E-state index contributed by atoms with van der Waals surface area (Å²) >= 11 is 0. The van der Waals surface area contributed by atoms with E-state index in [1.807, 2.05) is 0 Å². The Morgan fingerprint density at radius 2 is 0.750 bits per heavy atom. The first kappa shape index (κ1) is 55.6. The molecule has 0 radical (unpaired) electrons. The van der Waals surface area contributed by atoms with Crippen LogP contribution in [0.15, 0.2) is 188 Å². The van der Waals surface area contributed by atoms with Gasteiger partial charge in [0.25, 0.3) is 6.71 Å². The highest BCUT2D eigenvalue weighted by molar-refractivity contribution is 7.00. The highest BCUT2D eigenvalue weighted by Crippen LogP contribution is 2.65.